The second kappa shape index (κ2) is 15.6. The predicted octanol–water partition coefficient (Wildman–Crippen LogP) is 6.18. The lowest BCUT2D eigenvalue weighted by atomic mass is 10.0. The van der Waals surface area contributed by atoms with Gasteiger partial charge in [-0.05, 0) is 70.2 Å². The summed E-state index contributed by atoms with van der Waals surface area (Å²) in [5.74, 6) is 0.523. The van der Waals surface area contributed by atoms with Crippen LogP contribution in [0.25, 0.3) is 0 Å². The molecule has 0 fully saturated rings. The summed E-state index contributed by atoms with van der Waals surface area (Å²) >= 11 is 0. The highest BCUT2D eigenvalue weighted by atomic mass is 16.5. The molecule has 0 aliphatic carbocycles. The van der Waals surface area contributed by atoms with Crippen molar-refractivity contribution in [3.8, 4) is 23.0 Å². The van der Waals surface area contributed by atoms with Gasteiger partial charge in [-0.2, -0.15) is 0 Å². The number of aromatic hydroxyl groups is 1. The van der Waals surface area contributed by atoms with E-state index in [4.69, 9.17) is 19.3 Å². The summed E-state index contributed by atoms with van der Waals surface area (Å²) in [6.45, 7) is 8.02. The van der Waals surface area contributed by atoms with Crippen LogP contribution in [0.15, 0.2) is 24.3 Å². The molecule has 2 aromatic rings. The van der Waals surface area contributed by atoms with Gasteiger partial charge in [-0.15, -0.1) is 0 Å². The molecule has 208 valence electrons. The standard InChI is InChI=1S/C30H40O8/c1-5-10-24-26(15-13-22(20(3)31)29(24)35)36-17-7-8-18-37-27-16-14-23(21(4)32)30(25(27)11-6-2)38-19-9-12-28(33)34/h13-16,35H,5-12,17-19H2,1-4H3,(H,33,34). The van der Waals surface area contributed by atoms with Crippen LogP contribution >= 0.6 is 0 Å². The Labute approximate surface area is 224 Å². The number of carboxylic acid groups (broad SMARTS) is 1. The molecule has 0 amide bonds. The quantitative estimate of drug-likeness (QED) is 0.174. The molecular weight excluding hydrogens is 488 g/mol. The highest BCUT2D eigenvalue weighted by Gasteiger charge is 2.19. The Kier molecular flexibility index (Phi) is 12.6. The fourth-order valence-electron chi connectivity index (χ4n) is 4.17. The Hall–Kier alpha value is -3.55. The van der Waals surface area contributed by atoms with Gasteiger partial charge in [0.15, 0.2) is 11.6 Å². The molecule has 0 saturated carbocycles. The number of carboxylic acids is 1. The van der Waals surface area contributed by atoms with Crippen molar-refractivity contribution in [2.75, 3.05) is 19.8 Å². The third-order valence-corrected chi connectivity index (χ3v) is 6.05. The number of benzene rings is 2. The van der Waals surface area contributed by atoms with Crippen molar-refractivity contribution in [2.45, 2.75) is 79.1 Å². The summed E-state index contributed by atoms with van der Waals surface area (Å²) in [4.78, 5) is 34.8. The summed E-state index contributed by atoms with van der Waals surface area (Å²) in [5.41, 5.74) is 2.24. The van der Waals surface area contributed by atoms with Crippen LogP contribution in [0.1, 0.15) is 98.1 Å². The predicted molar refractivity (Wildman–Crippen MR) is 145 cm³/mol. The lowest BCUT2D eigenvalue weighted by Crippen LogP contribution is -2.10. The maximum atomic E-state index is 12.2. The van der Waals surface area contributed by atoms with Crippen molar-refractivity contribution in [3.05, 3.63) is 46.5 Å². The molecule has 0 atom stereocenters. The SMILES string of the molecule is CCCc1c(OCCCCOc2ccc(C(C)=O)c(OCCCC(=O)O)c2CCC)ccc(C(C)=O)c1O. The van der Waals surface area contributed by atoms with Crippen LogP contribution in [0.4, 0.5) is 0 Å². The number of ketones is 2. The number of Topliss-reactive ketones (excluding diaryl/α,β-unsaturated/α-hetero) is 2. The zero-order chi connectivity index (χ0) is 28.1. The van der Waals surface area contributed by atoms with Gasteiger partial charge in [0, 0.05) is 17.5 Å². The summed E-state index contributed by atoms with van der Waals surface area (Å²) in [5, 5.41) is 19.4. The Morgan fingerprint density at radius 3 is 1.74 bits per heavy atom. The van der Waals surface area contributed by atoms with E-state index in [-0.39, 0.29) is 30.3 Å². The Balaban J connectivity index is 2.01. The molecule has 2 rings (SSSR count). The molecule has 8 nitrogen and oxygen atoms in total. The van der Waals surface area contributed by atoms with Crippen molar-refractivity contribution in [1.29, 1.82) is 0 Å². The average Bonchev–Trinajstić information content (AvgIpc) is 2.86. The molecular formula is C30H40O8. The van der Waals surface area contributed by atoms with Gasteiger partial charge in [-0.25, -0.2) is 0 Å². The molecule has 0 spiro atoms. The number of rotatable bonds is 18. The average molecular weight is 529 g/mol. The lowest BCUT2D eigenvalue weighted by molar-refractivity contribution is -0.137. The first-order valence-corrected chi connectivity index (χ1v) is 13.3. The number of carbonyl (C=O) groups is 3. The number of phenolic OH excluding ortho intramolecular Hbond substituents is 1. The van der Waals surface area contributed by atoms with E-state index in [9.17, 15) is 19.5 Å². The van der Waals surface area contributed by atoms with Crippen LogP contribution < -0.4 is 14.2 Å². The maximum absolute atomic E-state index is 12.2. The fourth-order valence-corrected chi connectivity index (χ4v) is 4.17. The van der Waals surface area contributed by atoms with Gasteiger partial charge in [-0.1, -0.05) is 26.7 Å². The lowest BCUT2D eigenvalue weighted by Gasteiger charge is -2.19. The van der Waals surface area contributed by atoms with E-state index in [0.717, 1.165) is 24.8 Å². The second-order valence-corrected chi connectivity index (χ2v) is 9.22. The van der Waals surface area contributed by atoms with Gasteiger partial charge in [0.05, 0.1) is 30.9 Å². The normalized spacial score (nSPS) is 10.7. The van der Waals surface area contributed by atoms with Crippen molar-refractivity contribution < 1.29 is 38.8 Å². The van der Waals surface area contributed by atoms with Crippen molar-refractivity contribution in [1.82, 2.24) is 0 Å². The van der Waals surface area contributed by atoms with Crippen molar-refractivity contribution in [2.24, 2.45) is 0 Å². The van der Waals surface area contributed by atoms with Gasteiger partial charge in [0.25, 0.3) is 0 Å². The number of hydrogen-bond donors (Lipinski definition) is 2. The first-order valence-electron chi connectivity index (χ1n) is 13.3. The van der Waals surface area contributed by atoms with E-state index in [1.54, 1.807) is 24.3 Å². The number of ether oxygens (including phenoxy) is 3. The van der Waals surface area contributed by atoms with Gasteiger partial charge in [0.1, 0.15) is 23.0 Å². The zero-order valence-corrected chi connectivity index (χ0v) is 22.9. The molecule has 0 aromatic heterocycles. The van der Waals surface area contributed by atoms with Crippen LogP contribution in [0.5, 0.6) is 23.0 Å². The molecule has 0 radical (unpaired) electrons. The van der Waals surface area contributed by atoms with Crippen molar-refractivity contribution >= 4 is 17.5 Å². The minimum atomic E-state index is -0.887. The molecule has 0 aliphatic heterocycles. The minimum absolute atomic E-state index is 0.00127. The molecule has 0 aliphatic rings. The zero-order valence-electron chi connectivity index (χ0n) is 22.9. The topological polar surface area (TPSA) is 119 Å². The molecule has 0 bridgehead atoms. The van der Waals surface area contributed by atoms with E-state index >= 15 is 0 Å². The van der Waals surface area contributed by atoms with Gasteiger partial charge < -0.3 is 24.4 Å². The second-order valence-electron chi connectivity index (χ2n) is 9.22. The number of aliphatic carboxylic acids is 1. The van der Waals surface area contributed by atoms with E-state index in [2.05, 4.69) is 0 Å². The number of unbranched alkanes of at least 4 members (excludes halogenated alkanes) is 1. The van der Waals surface area contributed by atoms with Crippen LogP contribution in [-0.4, -0.2) is 47.6 Å². The fraction of sp³-hybridized carbons (Fsp3) is 0.500. The van der Waals surface area contributed by atoms with Crippen LogP contribution in [0.2, 0.25) is 0 Å². The van der Waals surface area contributed by atoms with Gasteiger partial charge in [-0.3, -0.25) is 14.4 Å². The van der Waals surface area contributed by atoms with E-state index < -0.39 is 5.97 Å². The van der Waals surface area contributed by atoms with Crippen LogP contribution in [0.3, 0.4) is 0 Å². The number of carbonyl (C=O) groups excluding carboxylic acids is 2. The first kappa shape index (κ1) is 30.7. The summed E-state index contributed by atoms with van der Waals surface area (Å²) < 4.78 is 17.9. The minimum Gasteiger partial charge on any atom is -0.507 e. The Morgan fingerprint density at radius 2 is 1.21 bits per heavy atom. The van der Waals surface area contributed by atoms with Crippen molar-refractivity contribution in [3.63, 3.8) is 0 Å². The summed E-state index contributed by atoms with van der Waals surface area (Å²) in [6, 6.07) is 6.82. The highest BCUT2D eigenvalue weighted by Crippen LogP contribution is 2.35. The van der Waals surface area contributed by atoms with Gasteiger partial charge >= 0.3 is 5.97 Å². The number of phenols is 1. The highest BCUT2D eigenvalue weighted by molar-refractivity contribution is 5.98. The Morgan fingerprint density at radius 1 is 0.711 bits per heavy atom. The summed E-state index contributed by atoms with van der Waals surface area (Å²) in [7, 11) is 0. The molecule has 38 heavy (non-hydrogen) atoms. The van der Waals surface area contributed by atoms with E-state index in [1.807, 2.05) is 13.8 Å². The third-order valence-electron chi connectivity index (χ3n) is 6.05. The third kappa shape index (κ3) is 8.78. The smallest absolute Gasteiger partial charge is 0.303 e. The monoisotopic (exact) mass is 528 g/mol. The maximum Gasteiger partial charge on any atom is 0.303 e. The first-order chi connectivity index (χ1) is 18.2. The van der Waals surface area contributed by atoms with Gasteiger partial charge in [0.2, 0.25) is 0 Å². The van der Waals surface area contributed by atoms with E-state index in [1.165, 1.54) is 13.8 Å². The van der Waals surface area contributed by atoms with Crippen LogP contribution in [-0.2, 0) is 17.6 Å². The molecule has 0 heterocycles. The van der Waals surface area contributed by atoms with E-state index in [0.29, 0.717) is 72.8 Å². The largest absolute Gasteiger partial charge is 0.507 e. The summed E-state index contributed by atoms with van der Waals surface area (Å²) in [6.07, 6.45) is 4.69. The molecule has 8 heteroatoms. The molecule has 2 aromatic carbocycles. The van der Waals surface area contributed by atoms with Crippen LogP contribution in [0, 0.1) is 0 Å². The number of hydrogen-bond acceptors (Lipinski definition) is 7. The molecule has 0 unspecified atom stereocenters. The molecule has 0 saturated heterocycles. The molecule has 2 N–H and O–H groups in total. The Bertz CT molecular complexity index is 1110.